The van der Waals surface area contributed by atoms with Crippen molar-refractivity contribution in [3.05, 3.63) is 60.5 Å². The molecule has 4 aromatic rings. The van der Waals surface area contributed by atoms with Gasteiger partial charge < -0.3 is 14.1 Å². The number of aromatic nitrogens is 3. The molecule has 0 aromatic carbocycles. The van der Waals surface area contributed by atoms with Crippen LogP contribution < -0.4 is 5.32 Å². The molecule has 1 saturated heterocycles. The third-order valence-corrected chi connectivity index (χ3v) is 5.14. The van der Waals surface area contributed by atoms with Crippen LogP contribution in [0.2, 0.25) is 0 Å². The fourth-order valence-electron chi connectivity index (χ4n) is 3.72. The number of carbonyl (C=O) groups is 1. The van der Waals surface area contributed by atoms with Gasteiger partial charge in [-0.1, -0.05) is 0 Å². The van der Waals surface area contributed by atoms with Gasteiger partial charge in [-0.25, -0.2) is 4.98 Å². The van der Waals surface area contributed by atoms with E-state index >= 15 is 0 Å². The maximum atomic E-state index is 12.5. The summed E-state index contributed by atoms with van der Waals surface area (Å²) in [5.74, 6) is -0.0292. The molecule has 0 bridgehead atoms. The van der Waals surface area contributed by atoms with Crippen LogP contribution in [0.25, 0.3) is 16.6 Å². The number of hydrogen-bond acceptors (Lipinski definition) is 5. The topological polar surface area (TPSA) is 75.7 Å². The lowest BCUT2D eigenvalue weighted by Crippen LogP contribution is -2.17. The van der Waals surface area contributed by atoms with E-state index in [4.69, 9.17) is 9.40 Å². The molecular formula is C20H19N5O2. The quantitative estimate of drug-likeness (QED) is 0.604. The van der Waals surface area contributed by atoms with E-state index in [9.17, 15) is 4.79 Å². The monoisotopic (exact) mass is 361 g/mol. The minimum absolute atomic E-state index is 0.261. The molecule has 1 atom stereocenters. The van der Waals surface area contributed by atoms with Crippen molar-refractivity contribution in [2.75, 3.05) is 18.9 Å². The molecule has 1 unspecified atom stereocenters. The van der Waals surface area contributed by atoms with E-state index < -0.39 is 0 Å². The van der Waals surface area contributed by atoms with Crippen LogP contribution in [0.3, 0.4) is 0 Å². The molecule has 1 N–H and O–H groups in total. The zero-order valence-corrected chi connectivity index (χ0v) is 14.9. The second kappa shape index (κ2) is 6.21. The Hall–Kier alpha value is -3.19. The van der Waals surface area contributed by atoms with Crippen LogP contribution in [-0.4, -0.2) is 38.8 Å². The lowest BCUT2D eigenvalue weighted by Gasteiger charge is -2.16. The first-order valence-corrected chi connectivity index (χ1v) is 9.01. The average molecular weight is 361 g/mol. The summed E-state index contributed by atoms with van der Waals surface area (Å²) in [7, 11) is 2.14. The molecule has 1 aliphatic heterocycles. The van der Waals surface area contributed by atoms with Crippen molar-refractivity contribution >= 4 is 28.2 Å². The Bertz CT molecular complexity index is 1110. The summed E-state index contributed by atoms with van der Waals surface area (Å²) in [5.41, 5.74) is 3.23. The molecule has 0 spiro atoms. The molecule has 0 aliphatic carbocycles. The SMILES string of the molecule is CN1CCCC1c1cn2cc(NC(=O)c3cc4ccncc4o3)ccc2n1. The van der Waals surface area contributed by atoms with Crippen molar-refractivity contribution in [2.45, 2.75) is 18.9 Å². The highest BCUT2D eigenvalue weighted by molar-refractivity contribution is 6.04. The van der Waals surface area contributed by atoms with Gasteiger partial charge in [-0.3, -0.25) is 14.7 Å². The first kappa shape index (κ1) is 16.0. The van der Waals surface area contributed by atoms with Crippen LogP contribution in [0.1, 0.15) is 35.1 Å². The maximum absolute atomic E-state index is 12.5. The van der Waals surface area contributed by atoms with Crippen LogP contribution in [0, 0.1) is 0 Å². The lowest BCUT2D eigenvalue weighted by molar-refractivity contribution is 0.0998. The van der Waals surface area contributed by atoms with Gasteiger partial charge in [0.15, 0.2) is 11.3 Å². The molecule has 1 amide bonds. The Kier molecular flexibility index (Phi) is 3.68. The standard InChI is InChI=1S/C20H19N5O2/c1-24-8-2-3-16(24)15-12-25-11-14(4-5-19(25)23-15)22-20(26)17-9-13-6-7-21-10-18(13)27-17/h4-7,9-12,16H,2-3,8H2,1H3,(H,22,26). The van der Waals surface area contributed by atoms with Crippen molar-refractivity contribution in [1.82, 2.24) is 19.3 Å². The lowest BCUT2D eigenvalue weighted by atomic mass is 10.2. The predicted molar refractivity (Wildman–Crippen MR) is 102 cm³/mol. The summed E-state index contributed by atoms with van der Waals surface area (Å²) in [6, 6.07) is 7.67. The molecule has 27 heavy (non-hydrogen) atoms. The molecule has 5 heterocycles. The van der Waals surface area contributed by atoms with Gasteiger partial charge in [0.05, 0.1) is 23.6 Å². The number of rotatable bonds is 3. The highest BCUT2D eigenvalue weighted by atomic mass is 16.3. The Labute approximate surface area is 155 Å². The first-order valence-electron chi connectivity index (χ1n) is 9.01. The number of carbonyl (C=O) groups excluding carboxylic acids is 1. The number of nitrogens with one attached hydrogen (secondary N) is 1. The van der Waals surface area contributed by atoms with Crippen molar-refractivity contribution in [1.29, 1.82) is 0 Å². The van der Waals surface area contributed by atoms with E-state index in [0.717, 1.165) is 29.7 Å². The van der Waals surface area contributed by atoms with Crippen LogP contribution in [0.15, 0.2) is 53.5 Å². The smallest absolute Gasteiger partial charge is 0.291 e. The van der Waals surface area contributed by atoms with Gasteiger partial charge in [-0.2, -0.15) is 0 Å². The van der Waals surface area contributed by atoms with Crippen LogP contribution in [0.4, 0.5) is 5.69 Å². The summed E-state index contributed by atoms with van der Waals surface area (Å²) in [6.07, 6.45) is 9.53. The summed E-state index contributed by atoms with van der Waals surface area (Å²) in [4.78, 5) is 23.6. The molecule has 1 aliphatic rings. The van der Waals surface area contributed by atoms with Crippen molar-refractivity contribution < 1.29 is 9.21 Å². The van der Waals surface area contributed by atoms with Crippen molar-refractivity contribution in [3.8, 4) is 0 Å². The number of anilines is 1. The third-order valence-electron chi connectivity index (χ3n) is 5.14. The number of nitrogens with zero attached hydrogens (tertiary/aromatic N) is 4. The van der Waals surface area contributed by atoms with E-state index in [2.05, 4.69) is 22.2 Å². The summed E-state index contributed by atoms with van der Waals surface area (Å²) in [5, 5.41) is 3.74. The third kappa shape index (κ3) is 2.86. The summed E-state index contributed by atoms with van der Waals surface area (Å²) in [6.45, 7) is 1.10. The molecule has 5 rings (SSSR count). The Balaban J connectivity index is 1.40. The molecule has 4 aromatic heterocycles. The number of furan rings is 1. The predicted octanol–water partition coefficient (Wildman–Crippen LogP) is 3.49. The molecule has 7 nitrogen and oxygen atoms in total. The van der Waals surface area contributed by atoms with Crippen LogP contribution in [-0.2, 0) is 0 Å². The summed E-state index contributed by atoms with van der Waals surface area (Å²) < 4.78 is 7.53. The molecule has 7 heteroatoms. The zero-order chi connectivity index (χ0) is 18.4. The van der Waals surface area contributed by atoms with Gasteiger partial charge in [0, 0.05) is 24.0 Å². The van der Waals surface area contributed by atoms with E-state index in [-0.39, 0.29) is 11.7 Å². The molecule has 1 fully saturated rings. The van der Waals surface area contributed by atoms with Crippen molar-refractivity contribution in [2.24, 2.45) is 0 Å². The second-order valence-corrected chi connectivity index (χ2v) is 6.97. The van der Waals surface area contributed by atoms with Gasteiger partial charge in [0.1, 0.15) is 5.65 Å². The number of hydrogen-bond donors (Lipinski definition) is 1. The minimum atomic E-state index is -0.290. The van der Waals surface area contributed by atoms with Gasteiger partial charge in [-0.05, 0) is 50.7 Å². The van der Waals surface area contributed by atoms with E-state index in [1.165, 1.54) is 6.42 Å². The number of amides is 1. The first-order chi connectivity index (χ1) is 13.2. The number of imidazole rings is 1. The fourth-order valence-corrected chi connectivity index (χ4v) is 3.72. The fraction of sp³-hybridized carbons (Fsp3) is 0.250. The molecular weight excluding hydrogens is 342 g/mol. The van der Waals surface area contributed by atoms with Gasteiger partial charge in [-0.15, -0.1) is 0 Å². The largest absolute Gasteiger partial charge is 0.449 e. The Morgan fingerprint density at radius 2 is 2.22 bits per heavy atom. The number of pyridine rings is 2. The van der Waals surface area contributed by atoms with E-state index in [1.807, 2.05) is 35.0 Å². The molecule has 136 valence electrons. The number of fused-ring (bicyclic) bond motifs is 2. The van der Waals surface area contributed by atoms with Crippen LogP contribution in [0.5, 0.6) is 0 Å². The van der Waals surface area contributed by atoms with Crippen molar-refractivity contribution in [3.63, 3.8) is 0 Å². The highest BCUT2D eigenvalue weighted by Crippen LogP contribution is 2.30. The maximum Gasteiger partial charge on any atom is 0.291 e. The average Bonchev–Trinajstić information content (AvgIpc) is 3.38. The minimum Gasteiger partial charge on any atom is -0.449 e. The Morgan fingerprint density at radius 1 is 1.30 bits per heavy atom. The highest BCUT2D eigenvalue weighted by Gasteiger charge is 2.24. The van der Waals surface area contributed by atoms with Gasteiger partial charge in [0.25, 0.3) is 5.91 Å². The molecule has 0 radical (unpaired) electrons. The normalized spacial score (nSPS) is 17.7. The van der Waals surface area contributed by atoms with Gasteiger partial charge >= 0.3 is 0 Å². The van der Waals surface area contributed by atoms with E-state index in [1.54, 1.807) is 18.5 Å². The van der Waals surface area contributed by atoms with Gasteiger partial charge in [0.2, 0.25) is 0 Å². The molecule has 0 saturated carbocycles. The second-order valence-electron chi connectivity index (χ2n) is 6.97. The number of likely N-dealkylation sites (tertiary alicyclic amines) is 1. The zero-order valence-electron chi connectivity index (χ0n) is 14.9. The van der Waals surface area contributed by atoms with Crippen LogP contribution >= 0.6 is 0 Å². The van der Waals surface area contributed by atoms with E-state index in [0.29, 0.717) is 17.3 Å². The summed E-state index contributed by atoms with van der Waals surface area (Å²) >= 11 is 0. The Morgan fingerprint density at radius 3 is 3.04 bits per heavy atom.